The highest BCUT2D eigenvalue weighted by Gasteiger charge is 2.38. The van der Waals surface area contributed by atoms with Crippen molar-refractivity contribution in [3.05, 3.63) is 71.2 Å². The van der Waals surface area contributed by atoms with Gasteiger partial charge in [0, 0.05) is 54.4 Å². The molecule has 2 saturated heterocycles. The van der Waals surface area contributed by atoms with Crippen LogP contribution in [0.2, 0.25) is 0 Å². The standard InChI is InChI=1S/C35H41FN6O2/c1-22-9-6-10-26-11-7-13-31(32(22)26)40-16-14-28-30(20-40)38-34(44-21-27-12-8-15-39(27)5)29(17-37)33(28)41-18-23(2)42(24(3)19-41)35(43)25(4)36/h6-7,9-11,13,23-24,27H,4,8,12,14-16,18-21H2,1-3,5H3/t23-,24+,27-/m0/s1. The number of likely N-dealkylation sites (tertiary alicyclic amines) is 1. The predicted octanol–water partition coefficient (Wildman–Crippen LogP) is 5.36. The van der Waals surface area contributed by atoms with E-state index in [2.05, 4.69) is 77.7 Å². The average molecular weight is 597 g/mol. The van der Waals surface area contributed by atoms with Crippen LogP contribution in [0.4, 0.5) is 15.8 Å². The summed E-state index contributed by atoms with van der Waals surface area (Å²) in [7, 11) is 2.11. The van der Waals surface area contributed by atoms with E-state index in [1.165, 1.54) is 22.0 Å². The number of pyridine rings is 1. The van der Waals surface area contributed by atoms with E-state index >= 15 is 0 Å². The summed E-state index contributed by atoms with van der Waals surface area (Å²) in [4.78, 5) is 26.1. The molecule has 0 bridgehead atoms. The van der Waals surface area contributed by atoms with Crippen LogP contribution in [-0.2, 0) is 17.8 Å². The van der Waals surface area contributed by atoms with Crippen molar-refractivity contribution < 1.29 is 13.9 Å². The number of aryl methyl sites for hydroxylation is 1. The lowest BCUT2D eigenvalue weighted by molar-refractivity contribution is -0.133. The van der Waals surface area contributed by atoms with Gasteiger partial charge in [0.2, 0.25) is 5.88 Å². The van der Waals surface area contributed by atoms with Crippen LogP contribution >= 0.6 is 0 Å². The molecule has 2 fully saturated rings. The Hall–Kier alpha value is -4.16. The van der Waals surface area contributed by atoms with Crippen LogP contribution in [0.3, 0.4) is 0 Å². The second-order valence-corrected chi connectivity index (χ2v) is 12.6. The molecular weight excluding hydrogens is 555 g/mol. The van der Waals surface area contributed by atoms with Gasteiger partial charge in [-0.1, -0.05) is 36.9 Å². The lowest BCUT2D eigenvalue weighted by Crippen LogP contribution is -2.59. The number of benzene rings is 2. The number of hydrogen-bond donors (Lipinski definition) is 0. The number of piperazine rings is 1. The van der Waals surface area contributed by atoms with Gasteiger partial charge in [-0.3, -0.25) is 4.79 Å². The molecule has 6 rings (SSSR count). The first kappa shape index (κ1) is 29.9. The maximum Gasteiger partial charge on any atom is 0.282 e. The molecular formula is C35H41FN6O2. The fourth-order valence-electron chi connectivity index (χ4n) is 7.47. The zero-order valence-electron chi connectivity index (χ0n) is 26.1. The lowest BCUT2D eigenvalue weighted by Gasteiger charge is -2.46. The molecule has 1 amide bonds. The van der Waals surface area contributed by atoms with Crippen molar-refractivity contribution >= 4 is 28.1 Å². The van der Waals surface area contributed by atoms with Crippen molar-refractivity contribution in [2.45, 2.75) is 64.7 Å². The summed E-state index contributed by atoms with van der Waals surface area (Å²) in [6.07, 6.45) is 2.89. The quantitative estimate of drug-likeness (QED) is 0.355. The van der Waals surface area contributed by atoms with Crippen LogP contribution in [0.1, 0.15) is 49.1 Å². The Morgan fingerprint density at radius 3 is 2.52 bits per heavy atom. The molecule has 3 aliphatic rings. The highest BCUT2D eigenvalue weighted by Crippen LogP contribution is 2.40. The third-order valence-electron chi connectivity index (χ3n) is 9.62. The molecule has 44 heavy (non-hydrogen) atoms. The first-order chi connectivity index (χ1) is 21.2. The monoisotopic (exact) mass is 596 g/mol. The second kappa shape index (κ2) is 12.1. The average Bonchev–Trinajstić information content (AvgIpc) is 3.42. The maximum absolute atomic E-state index is 13.9. The fraction of sp³-hybridized carbons (Fsp3) is 0.457. The number of nitriles is 1. The predicted molar refractivity (Wildman–Crippen MR) is 172 cm³/mol. The fourth-order valence-corrected chi connectivity index (χ4v) is 7.47. The summed E-state index contributed by atoms with van der Waals surface area (Å²) in [5.74, 6) is -1.26. The van der Waals surface area contributed by atoms with E-state index < -0.39 is 11.7 Å². The Kier molecular flexibility index (Phi) is 8.21. The first-order valence-corrected chi connectivity index (χ1v) is 15.6. The van der Waals surface area contributed by atoms with E-state index in [4.69, 9.17) is 9.72 Å². The van der Waals surface area contributed by atoms with Gasteiger partial charge in [-0.05, 0) is 70.6 Å². The zero-order chi connectivity index (χ0) is 31.1. The summed E-state index contributed by atoms with van der Waals surface area (Å²) >= 11 is 0. The van der Waals surface area contributed by atoms with Gasteiger partial charge in [-0.25, -0.2) is 9.37 Å². The molecule has 0 spiro atoms. The summed E-state index contributed by atoms with van der Waals surface area (Å²) < 4.78 is 20.3. The van der Waals surface area contributed by atoms with E-state index in [0.717, 1.165) is 42.9 Å². The zero-order valence-corrected chi connectivity index (χ0v) is 26.1. The highest BCUT2D eigenvalue weighted by atomic mass is 19.1. The molecule has 4 heterocycles. The maximum atomic E-state index is 13.9. The number of rotatable bonds is 6. The van der Waals surface area contributed by atoms with E-state index in [-0.39, 0.29) is 18.1 Å². The van der Waals surface area contributed by atoms with Crippen LogP contribution in [0.15, 0.2) is 48.8 Å². The molecule has 9 heteroatoms. The van der Waals surface area contributed by atoms with Gasteiger partial charge in [0.1, 0.15) is 18.2 Å². The molecule has 3 aliphatic heterocycles. The highest BCUT2D eigenvalue weighted by molar-refractivity contribution is 5.97. The summed E-state index contributed by atoms with van der Waals surface area (Å²) in [5.41, 5.74) is 5.64. The minimum absolute atomic E-state index is 0.274. The first-order valence-electron chi connectivity index (χ1n) is 15.6. The molecule has 0 N–H and O–H groups in total. The smallest absolute Gasteiger partial charge is 0.282 e. The number of likely N-dealkylation sites (N-methyl/N-ethyl adjacent to an activating group) is 1. The molecule has 230 valence electrons. The largest absolute Gasteiger partial charge is 0.475 e. The molecule has 8 nitrogen and oxygen atoms in total. The SMILES string of the molecule is C=C(F)C(=O)N1[C@H](C)CN(c2c(C#N)c(OC[C@@H]3CCCN3C)nc3c2CCN(c2cccc4cccc(C)c24)C3)C[C@@H]1C. The van der Waals surface area contributed by atoms with Gasteiger partial charge in [0.05, 0.1) is 17.9 Å². The van der Waals surface area contributed by atoms with Crippen molar-refractivity contribution in [1.82, 2.24) is 14.8 Å². The van der Waals surface area contributed by atoms with Gasteiger partial charge in [-0.2, -0.15) is 5.26 Å². The van der Waals surface area contributed by atoms with Crippen LogP contribution < -0.4 is 14.5 Å². The second-order valence-electron chi connectivity index (χ2n) is 12.6. The van der Waals surface area contributed by atoms with E-state index in [9.17, 15) is 14.4 Å². The van der Waals surface area contributed by atoms with Gasteiger partial charge in [0.25, 0.3) is 5.91 Å². The number of carbonyl (C=O) groups is 1. The number of amides is 1. The molecule has 3 atom stereocenters. The van der Waals surface area contributed by atoms with E-state index in [0.29, 0.717) is 44.1 Å². The Labute approximate surface area is 259 Å². The Balaban J connectivity index is 1.40. The van der Waals surface area contributed by atoms with Crippen molar-refractivity contribution in [3.8, 4) is 11.9 Å². The molecule has 0 aliphatic carbocycles. The Morgan fingerprint density at radius 2 is 1.86 bits per heavy atom. The van der Waals surface area contributed by atoms with Gasteiger partial charge < -0.3 is 24.3 Å². The minimum Gasteiger partial charge on any atom is -0.475 e. The Bertz CT molecular complexity index is 1630. The third-order valence-corrected chi connectivity index (χ3v) is 9.62. The van der Waals surface area contributed by atoms with Gasteiger partial charge >= 0.3 is 0 Å². The molecule has 2 aromatic carbocycles. The van der Waals surface area contributed by atoms with E-state index in [1.807, 2.05) is 13.8 Å². The minimum atomic E-state index is -0.951. The van der Waals surface area contributed by atoms with Gasteiger partial charge in [0.15, 0.2) is 5.83 Å². The van der Waals surface area contributed by atoms with Crippen LogP contribution in [-0.4, -0.2) is 78.7 Å². The van der Waals surface area contributed by atoms with Crippen molar-refractivity contribution in [2.24, 2.45) is 0 Å². The summed E-state index contributed by atoms with van der Waals surface area (Å²) in [6.45, 7) is 13.0. The number of carbonyl (C=O) groups excluding carboxylic acids is 1. The van der Waals surface area contributed by atoms with Gasteiger partial charge in [-0.15, -0.1) is 0 Å². The topological polar surface area (TPSA) is 75.9 Å². The van der Waals surface area contributed by atoms with Crippen molar-refractivity contribution in [1.29, 1.82) is 5.26 Å². The van der Waals surface area contributed by atoms with Crippen LogP contribution in [0.5, 0.6) is 5.88 Å². The summed E-state index contributed by atoms with van der Waals surface area (Å²) in [5, 5.41) is 13.0. The third kappa shape index (κ3) is 5.36. The van der Waals surface area contributed by atoms with Crippen molar-refractivity contribution in [2.75, 3.05) is 49.6 Å². The summed E-state index contributed by atoms with van der Waals surface area (Å²) in [6, 6.07) is 15.0. The van der Waals surface area contributed by atoms with Crippen LogP contribution in [0, 0.1) is 18.3 Å². The molecule has 0 radical (unpaired) electrons. The lowest BCUT2D eigenvalue weighted by atomic mass is 9.95. The number of halogens is 1. The number of ether oxygens (including phenoxy) is 1. The number of anilines is 2. The number of nitrogens with zero attached hydrogens (tertiary/aromatic N) is 6. The Morgan fingerprint density at radius 1 is 1.14 bits per heavy atom. The number of aromatic nitrogens is 1. The van der Waals surface area contributed by atoms with Crippen molar-refractivity contribution in [3.63, 3.8) is 0 Å². The number of fused-ring (bicyclic) bond motifs is 2. The normalized spacial score (nSPS) is 22.2. The van der Waals surface area contributed by atoms with E-state index in [1.54, 1.807) is 4.90 Å². The molecule has 0 unspecified atom stereocenters. The molecule has 1 aromatic heterocycles. The van der Waals surface area contributed by atoms with Crippen LogP contribution in [0.25, 0.3) is 10.8 Å². The molecule has 3 aromatic rings. The number of hydrogen-bond acceptors (Lipinski definition) is 7. The molecule has 0 saturated carbocycles.